The minimum atomic E-state index is -1.22. The van der Waals surface area contributed by atoms with Crippen molar-refractivity contribution in [3.63, 3.8) is 0 Å². The molecule has 2 aromatic rings. The molecular weight excluding hydrogens is 363 g/mol. The molecule has 0 radical (unpaired) electrons. The summed E-state index contributed by atoms with van der Waals surface area (Å²) in [6.07, 6.45) is 0.932. The van der Waals surface area contributed by atoms with E-state index in [4.69, 9.17) is 9.47 Å². The molecule has 0 spiro atoms. The average Bonchev–Trinajstić information content (AvgIpc) is 2.91. The molecule has 1 atom stereocenters. The number of amides is 3. The van der Waals surface area contributed by atoms with Gasteiger partial charge in [-0.1, -0.05) is 19.1 Å². The van der Waals surface area contributed by atoms with Crippen molar-refractivity contribution in [3.05, 3.63) is 59.9 Å². The number of carbonyl (C=O) groups excluding carboxylic acids is 2. The number of hydrogen-bond donors (Lipinski definition) is 1. The zero-order chi connectivity index (χ0) is 20.1. The summed E-state index contributed by atoms with van der Waals surface area (Å²) in [5, 5.41) is 2.68. The number of imide groups is 1. The van der Waals surface area contributed by atoms with E-state index in [0.29, 0.717) is 17.9 Å². The number of carbonyl (C=O) groups is 2. The lowest BCUT2D eigenvalue weighted by atomic mass is 9.92. The van der Waals surface area contributed by atoms with Gasteiger partial charge in [0, 0.05) is 0 Å². The van der Waals surface area contributed by atoms with Gasteiger partial charge in [-0.15, -0.1) is 0 Å². The number of rotatable bonds is 8. The molecule has 28 heavy (non-hydrogen) atoms. The van der Waals surface area contributed by atoms with Crippen molar-refractivity contribution in [2.45, 2.75) is 25.8 Å². The van der Waals surface area contributed by atoms with Gasteiger partial charge in [-0.3, -0.25) is 9.69 Å². The Morgan fingerprint density at radius 3 is 2.11 bits per heavy atom. The van der Waals surface area contributed by atoms with E-state index < -0.39 is 23.3 Å². The first-order valence-corrected chi connectivity index (χ1v) is 9.20. The summed E-state index contributed by atoms with van der Waals surface area (Å²) < 4.78 is 24.3. The summed E-state index contributed by atoms with van der Waals surface area (Å²) in [5.74, 6) is 0.590. The van der Waals surface area contributed by atoms with E-state index in [1.807, 2.05) is 19.1 Å². The standard InChI is InChI=1S/C21H23FN2O4/c1-3-13-27-17-8-10-18(11-9-17)28-14-12-24-19(25)21(2,23-20(24)26)15-4-6-16(22)7-5-15/h4-11H,3,12-14H2,1-2H3,(H,23,26). The third kappa shape index (κ3) is 4.08. The van der Waals surface area contributed by atoms with Gasteiger partial charge in [-0.05, 0) is 55.3 Å². The van der Waals surface area contributed by atoms with Crippen molar-refractivity contribution >= 4 is 11.9 Å². The summed E-state index contributed by atoms with van der Waals surface area (Å²) in [7, 11) is 0. The highest BCUT2D eigenvalue weighted by Crippen LogP contribution is 2.29. The second kappa shape index (κ2) is 8.29. The minimum Gasteiger partial charge on any atom is -0.494 e. The van der Waals surface area contributed by atoms with E-state index in [-0.39, 0.29) is 13.2 Å². The van der Waals surface area contributed by atoms with E-state index >= 15 is 0 Å². The summed E-state index contributed by atoms with van der Waals surface area (Å²) in [6.45, 7) is 4.56. The Balaban J connectivity index is 1.58. The van der Waals surface area contributed by atoms with Crippen LogP contribution in [0.4, 0.5) is 9.18 Å². The Kier molecular flexibility index (Phi) is 5.82. The number of ether oxygens (including phenoxy) is 2. The van der Waals surface area contributed by atoms with Crippen LogP contribution in [0.15, 0.2) is 48.5 Å². The van der Waals surface area contributed by atoms with Crippen LogP contribution in [0.2, 0.25) is 0 Å². The van der Waals surface area contributed by atoms with Crippen LogP contribution in [0.5, 0.6) is 11.5 Å². The fourth-order valence-corrected chi connectivity index (χ4v) is 2.99. The molecule has 1 aliphatic rings. The SMILES string of the molecule is CCCOc1ccc(OCCN2C(=O)NC(C)(c3ccc(F)cc3)C2=O)cc1. The number of halogens is 1. The summed E-state index contributed by atoms with van der Waals surface area (Å²) in [4.78, 5) is 26.2. The molecule has 148 valence electrons. The third-order valence-electron chi connectivity index (χ3n) is 4.58. The smallest absolute Gasteiger partial charge is 0.325 e. The molecule has 0 saturated carbocycles. The molecule has 1 aliphatic heterocycles. The lowest BCUT2D eigenvalue weighted by molar-refractivity contribution is -0.131. The predicted molar refractivity (Wildman–Crippen MR) is 102 cm³/mol. The van der Waals surface area contributed by atoms with Gasteiger partial charge < -0.3 is 14.8 Å². The second-order valence-corrected chi connectivity index (χ2v) is 6.69. The molecule has 0 aromatic heterocycles. The van der Waals surface area contributed by atoms with Crippen LogP contribution in [0.25, 0.3) is 0 Å². The van der Waals surface area contributed by atoms with Crippen molar-refractivity contribution in [2.75, 3.05) is 19.8 Å². The van der Waals surface area contributed by atoms with Gasteiger partial charge in [0.25, 0.3) is 5.91 Å². The zero-order valence-electron chi connectivity index (χ0n) is 15.9. The number of hydrogen-bond acceptors (Lipinski definition) is 4. The van der Waals surface area contributed by atoms with Gasteiger partial charge in [0.05, 0.1) is 13.2 Å². The largest absolute Gasteiger partial charge is 0.494 e. The van der Waals surface area contributed by atoms with Crippen LogP contribution >= 0.6 is 0 Å². The zero-order valence-corrected chi connectivity index (χ0v) is 15.9. The molecule has 1 saturated heterocycles. The quantitative estimate of drug-likeness (QED) is 0.706. The Morgan fingerprint density at radius 1 is 0.964 bits per heavy atom. The Morgan fingerprint density at radius 2 is 1.54 bits per heavy atom. The first kappa shape index (κ1) is 19.7. The van der Waals surface area contributed by atoms with E-state index in [2.05, 4.69) is 5.32 Å². The Labute approximate surface area is 163 Å². The lowest BCUT2D eigenvalue weighted by Crippen LogP contribution is -2.41. The Hall–Kier alpha value is -3.09. The molecule has 6 nitrogen and oxygen atoms in total. The summed E-state index contributed by atoms with van der Waals surface area (Å²) in [6, 6.07) is 12.2. The number of benzene rings is 2. The molecule has 1 N–H and O–H groups in total. The highest BCUT2D eigenvalue weighted by Gasteiger charge is 2.48. The van der Waals surface area contributed by atoms with Crippen LogP contribution < -0.4 is 14.8 Å². The molecule has 3 rings (SSSR count). The van der Waals surface area contributed by atoms with Gasteiger partial charge in [-0.2, -0.15) is 0 Å². The molecule has 0 bridgehead atoms. The maximum absolute atomic E-state index is 13.2. The van der Waals surface area contributed by atoms with Crippen molar-refractivity contribution in [3.8, 4) is 11.5 Å². The molecule has 1 heterocycles. The molecule has 0 aliphatic carbocycles. The highest BCUT2D eigenvalue weighted by atomic mass is 19.1. The first-order valence-electron chi connectivity index (χ1n) is 9.20. The fourth-order valence-electron chi connectivity index (χ4n) is 2.99. The van der Waals surface area contributed by atoms with Crippen LogP contribution in [0.3, 0.4) is 0 Å². The molecule has 2 aromatic carbocycles. The van der Waals surface area contributed by atoms with Crippen LogP contribution in [0.1, 0.15) is 25.8 Å². The molecule has 1 fully saturated rings. The van der Waals surface area contributed by atoms with Gasteiger partial charge in [0.2, 0.25) is 0 Å². The van der Waals surface area contributed by atoms with E-state index in [0.717, 1.165) is 17.1 Å². The fraction of sp³-hybridized carbons (Fsp3) is 0.333. The monoisotopic (exact) mass is 386 g/mol. The van der Waals surface area contributed by atoms with Gasteiger partial charge in [-0.25, -0.2) is 9.18 Å². The van der Waals surface area contributed by atoms with Crippen LogP contribution in [0, 0.1) is 5.82 Å². The van der Waals surface area contributed by atoms with E-state index in [1.165, 1.54) is 24.3 Å². The maximum Gasteiger partial charge on any atom is 0.325 e. The third-order valence-corrected chi connectivity index (χ3v) is 4.58. The minimum absolute atomic E-state index is 0.107. The predicted octanol–water partition coefficient (Wildman–Crippen LogP) is 3.46. The number of nitrogens with one attached hydrogen (secondary N) is 1. The number of urea groups is 1. The first-order chi connectivity index (χ1) is 13.4. The van der Waals surface area contributed by atoms with Crippen LogP contribution in [-0.4, -0.2) is 36.6 Å². The van der Waals surface area contributed by atoms with Crippen molar-refractivity contribution in [1.82, 2.24) is 10.2 Å². The number of nitrogens with zero attached hydrogens (tertiary/aromatic N) is 1. The Bertz CT molecular complexity index is 838. The topological polar surface area (TPSA) is 67.9 Å². The van der Waals surface area contributed by atoms with Gasteiger partial charge in [0.15, 0.2) is 0 Å². The van der Waals surface area contributed by atoms with E-state index in [1.54, 1.807) is 19.1 Å². The second-order valence-electron chi connectivity index (χ2n) is 6.69. The highest BCUT2D eigenvalue weighted by molar-refractivity contribution is 6.07. The lowest BCUT2D eigenvalue weighted by Gasteiger charge is -2.22. The summed E-state index contributed by atoms with van der Waals surface area (Å²) >= 11 is 0. The average molecular weight is 386 g/mol. The molecule has 7 heteroatoms. The molecule has 1 unspecified atom stereocenters. The normalized spacial score (nSPS) is 18.9. The van der Waals surface area contributed by atoms with Gasteiger partial charge in [0.1, 0.15) is 29.5 Å². The molecule has 3 amide bonds. The van der Waals surface area contributed by atoms with E-state index in [9.17, 15) is 14.0 Å². The van der Waals surface area contributed by atoms with Crippen molar-refractivity contribution in [2.24, 2.45) is 0 Å². The molecular formula is C21H23FN2O4. The van der Waals surface area contributed by atoms with Crippen molar-refractivity contribution in [1.29, 1.82) is 0 Å². The van der Waals surface area contributed by atoms with Crippen LogP contribution in [-0.2, 0) is 10.3 Å². The van der Waals surface area contributed by atoms with Crippen molar-refractivity contribution < 1.29 is 23.5 Å². The van der Waals surface area contributed by atoms with Gasteiger partial charge >= 0.3 is 6.03 Å². The maximum atomic E-state index is 13.2. The summed E-state index contributed by atoms with van der Waals surface area (Å²) in [5.41, 5.74) is -0.693.